The molecule has 3 aromatic rings. The van der Waals surface area contributed by atoms with Crippen LogP contribution in [-0.4, -0.2) is 22.5 Å². The van der Waals surface area contributed by atoms with Crippen molar-refractivity contribution in [2.45, 2.75) is 27.2 Å². The fourth-order valence-corrected chi connectivity index (χ4v) is 4.15. The molecule has 0 saturated carbocycles. The van der Waals surface area contributed by atoms with Crippen LogP contribution >= 0.6 is 0 Å². The standard InChI is InChI=1S/C20H22N4/c1-13-8-14(2)12-23(11-13)19-9-15(3)16(10-21)20-22-17-6-4-5-7-18(17)24(19)20/h4-7,9,13-14H,8,11-12H2,1-3H3. The normalized spacial score (nSPS) is 21.3. The minimum absolute atomic E-state index is 0.674. The lowest BCUT2D eigenvalue weighted by Gasteiger charge is -2.37. The van der Waals surface area contributed by atoms with E-state index >= 15 is 0 Å². The van der Waals surface area contributed by atoms with Crippen molar-refractivity contribution < 1.29 is 0 Å². The van der Waals surface area contributed by atoms with Crippen molar-refractivity contribution in [3.63, 3.8) is 0 Å². The lowest BCUT2D eigenvalue weighted by Crippen LogP contribution is -2.39. The molecule has 1 fully saturated rings. The SMILES string of the molecule is Cc1cc(N2CC(C)CC(C)C2)n2c(nc3ccccc32)c1C#N. The predicted octanol–water partition coefficient (Wildman–Crippen LogP) is 4.15. The van der Waals surface area contributed by atoms with E-state index in [-0.39, 0.29) is 0 Å². The van der Waals surface area contributed by atoms with E-state index in [1.165, 1.54) is 6.42 Å². The second-order valence-corrected chi connectivity index (χ2v) is 7.28. The van der Waals surface area contributed by atoms with Crippen molar-refractivity contribution in [3.05, 3.63) is 41.5 Å². The van der Waals surface area contributed by atoms with Crippen molar-refractivity contribution in [1.82, 2.24) is 9.38 Å². The molecule has 0 N–H and O–H groups in total. The summed E-state index contributed by atoms with van der Waals surface area (Å²) in [6, 6.07) is 12.6. The van der Waals surface area contributed by atoms with Crippen LogP contribution in [0.3, 0.4) is 0 Å². The van der Waals surface area contributed by atoms with Gasteiger partial charge in [-0.2, -0.15) is 5.26 Å². The maximum Gasteiger partial charge on any atom is 0.157 e. The zero-order valence-corrected chi connectivity index (χ0v) is 14.5. The highest BCUT2D eigenvalue weighted by atomic mass is 15.2. The van der Waals surface area contributed by atoms with E-state index in [1.807, 2.05) is 25.1 Å². The van der Waals surface area contributed by atoms with Crippen LogP contribution in [-0.2, 0) is 0 Å². The number of aryl methyl sites for hydroxylation is 1. The quantitative estimate of drug-likeness (QED) is 0.677. The number of hydrogen-bond acceptors (Lipinski definition) is 3. The summed E-state index contributed by atoms with van der Waals surface area (Å²) in [6.07, 6.45) is 1.28. The van der Waals surface area contributed by atoms with Crippen LogP contribution in [0.1, 0.15) is 31.4 Å². The number of rotatable bonds is 1. The molecule has 1 aromatic carbocycles. The van der Waals surface area contributed by atoms with Gasteiger partial charge in [-0.25, -0.2) is 4.98 Å². The highest BCUT2D eigenvalue weighted by Crippen LogP contribution is 2.32. The van der Waals surface area contributed by atoms with Crippen LogP contribution in [0.2, 0.25) is 0 Å². The van der Waals surface area contributed by atoms with Gasteiger partial charge in [0.1, 0.15) is 11.9 Å². The van der Waals surface area contributed by atoms with Crippen molar-refractivity contribution in [1.29, 1.82) is 5.26 Å². The summed E-state index contributed by atoms with van der Waals surface area (Å²) in [5.41, 5.74) is 4.47. The summed E-state index contributed by atoms with van der Waals surface area (Å²) in [7, 11) is 0. The van der Waals surface area contributed by atoms with Crippen molar-refractivity contribution in [3.8, 4) is 6.07 Å². The molecule has 0 aliphatic carbocycles. The van der Waals surface area contributed by atoms with Crippen LogP contribution < -0.4 is 4.90 Å². The first-order valence-corrected chi connectivity index (χ1v) is 8.64. The first-order chi connectivity index (χ1) is 11.6. The van der Waals surface area contributed by atoms with E-state index in [1.54, 1.807) is 0 Å². The van der Waals surface area contributed by atoms with Crippen LogP contribution in [0.25, 0.3) is 16.7 Å². The Hall–Kier alpha value is -2.54. The fourth-order valence-electron chi connectivity index (χ4n) is 4.15. The molecule has 4 nitrogen and oxygen atoms in total. The van der Waals surface area contributed by atoms with Gasteiger partial charge in [0.25, 0.3) is 0 Å². The molecule has 2 unspecified atom stereocenters. The Balaban J connectivity index is 2.03. The maximum atomic E-state index is 9.61. The Kier molecular flexibility index (Phi) is 3.45. The lowest BCUT2D eigenvalue weighted by atomic mass is 9.92. The summed E-state index contributed by atoms with van der Waals surface area (Å²) in [5.74, 6) is 2.51. The first-order valence-electron chi connectivity index (χ1n) is 8.64. The molecule has 1 aliphatic rings. The van der Waals surface area contributed by atoms with E-state index in [2.05, 4.69) is 41.4 Å². The van der Waals surface area contributed by atoms with Gasteiger partial charge < -0.3 is 4.90 Å². The smallest absolute Gasteiger partial charge is 0.157 e. The molecule has 2 atom stereocenters. The number of aromatic nitrogens is 2. The number of anilines is 1. The number of fused-ring (bicyclic) bond motifs is 3. The van der Waals surface area contributed by atoms with E-state index in [9.17, 15) is 5.26 Å². The highest BCUT2D eigenvalue weighted by Gasteiger charge is 2.25. The molecule has 4 rings (SSSR count). The molecular weight excluding hydrogens is 296 g/mol. The average Bonchev–Trinajstić information content (AvgIpc) is 2.92. The van der Waals surface area contributed by atoms with Crippen LogP contribution in [0.15, 0.2) is 30.3 Å². The zero-order valence-electron chi connectivity index (χ0n) is 14.5. The fraction of sp³-hybridized carbons (Fsp3) is 0.400. The van der Waals surface area contributed by atoms with Gasteiger partial charge in [0.2, 0.25) is 0 Å². The second kappa shape index (κ2) is 5.52. The Bertz CT molecular complexity index is 953. The maximum absolute atomic E-state index is 9.61. The van der Waals surface area contributed by atoms with Crippen LogP contribution in [0.5, 0.6) is 0 Å². The minimum atomic E-state index is 0.674. The number of nitriles is 1. The summed E-state index contributed by atoms with van der Waals surface area (Å²) in [5, 5.41) is 9.61. The number of imidazole rings is 1. The van der Waals surface area contributed by atoms with Gasteiger partial charge in [0.05, 0.1) is 16.6 Å². The molecule has 0 bridgehead atoms. The van der Waals surface area contributed by atoms with E-state index in [0.29, 0.717) is 17.4 Å². The molecule has 0 amide bonds. The molecule has 3 heterocycles. The average molecular weight is 318 g/mol. The van der Waals surface area contributed by atoms with Gasteiger partial charge in [-0.1, -0.05) is 26.0 Å². The third kappa shape index (κ3) is 2.24. The van der Waals surface area contributed by atoms with Crippen LogP contribution in [0.4, 0.5) is 5.82 Å². The number of piperidine rings is 1. The molecule has 1 saturated heterocycles. The Morgan fingerprint density at radius 3 is 2.58 bits per heavy atom. The number of nitrogens with zero attached hydrogens (tertiary/aromatic N) is 4. The van der Waals surface area contributed by atoms with Gasteiger partial charge >= 0.3 is 0 Å². The van der Waals surface area contributed by atoms with E-state index in [4.69, 9.17) is 4.98 Å². The summed E-state index contributed by atoms with van der Waals surface area (Å²) in [4.78, 5) is 7.22. The topological polar surface area (TPSA) is 44.3 Å². The number of benzene rings is 1. The minimum Gasteiger partial charge on any atom is -0.357 e. The lowest BCUT2D eigenvalue weighted by molar-refractivity contribution is 0.355. The summed E-state index contributed by atoms with van der Waals surface area (Å²) in [6.45, 7) is 8.76. The van der Waals surface area contributed by atoms with E-state index in [0.717, 1.165) is 41.2 Å². The monoisotopic (exact) mass is 318 g/mol. The van der Waals surface area contributed by atoms with Crippen molar-refractivity contribution in [2.24, 2.45) is 11.8 Å². The first kappa shape index (κ1) is 15.0. The van der Waals surface area contributed by atoms with Gasteiger partial charge in [0, 0.05) is 13.1 Å². The Morgan fingerprint density at radius 1 is 1.17 bits per heavy atom. The van der Waals surface area contributed by atoms with Crippen molar-refractivity contribution in [2.75, 3.05) is 18.0 Å². The molecule has 0 spiro atoms. The van der Waals surface area contributed by atoms with Gasteiger partial charge in [-0.15, -0.1) is 0 Å². The number of pyridine rings is 1. The van der Waals surface area contributed by atoms with E-state index < -0.39 is 0 Å². The molecule has 1 aliphatic heterocycles. The third-order valence-electron chi connectivity index (χ3n) is 5.06. The summed E-state index contributed by atoms with van der Waals surface area (Å²) < 4.78 is 2.17. The zero-order chi connectivity index (χ0) is 16.8. The van der Waals surface area contributed by atoms with Gasteiger partial charge in [-0.3, -0.25) is 4.40 Å². The van der Waals surface area contributed by atoms with Crippen LogP contribution in [0, 0.1) is 30.1 Å². The molecule has 0 radical (unpaired) electrons. The largest absolute Gasteiger partial charge is 0.357 e. The molecular formula is C20H22N4. The molecule has 4 heteroatoms. The number of para-hydroxylation sites is 2. The predicted molar refractivity (Wildman–Crippen MR) is 97.3 cm³/mol. The third-order valence-corrected chi connectivity index (χ3v) is 5.06. The van der Waals surface area contributed by atoms with Gasteiger partial charge in [0.15, 0.2) is 5.65 Å². The Labute approximate surface area is 142 Å². The molecule has 2 aromatic heterocycles. The summed E-state index contributed by atoms with van der Waals surface area (Å²) >= 11 is 0. The van der Waals surface area contributed by atoms with Gasteiger partial charge in [-0.05, 0) is 48.9 Å². The Morgan fingerprint density at radius 2 is 1.88 bits per heavy atom. The highest BCUT2D eigenvalue weighted by molar-refractivity contribution is 5.85. The number of hydrogen-bond donors (Lipinski definition) is 0. The molecule has 24 heavy (non-hydrogen) atoms. The molecule has 122 valence electrons. The second-order valence-electron chi connectivity index (χ2n) is 7.28. The van der Waals surface area contributed by atoms with Crippen molar-refractivity contribution >= 4 is 22.5 Å².